The number of hydrogen-bond acceptors (Lipinski definition) is 6. The smallest absolute Gasteiger partial charge is 0.261 e. The number of nitrogens with one attached hydrogen (secondary N) is 1. The summed E-state index contributed by atoms with van der Waals surface area (Å²) in [5.74, 6) is 1.33. The number of rotatable bonds is 4. The lowest BCUT2D eigenvalue weighted by atomic mass is 10.4. The van der Waals surface area contributed by atoms with Gasteiger partial charge in [-0.2, -0.15) is 4.52 Å². The first-order valence-corrected chi connectivity index (χ1v) is 8.90. The van der Waals surface area contributed by atoms with Gasteiger partial charge in [0.05, 0.1) is 15.8 Å². The van der Waals surface area contributed by atoms with Gasteiger partial charge in [-0.05, 0) is 37.1 Å². The van der Waals surface area contributed by atoms with Crippen LogP contribution in [0.25, 0.3) is 5.65 Å². The van der Waals surface area contributed by atoms with Crippen molar-refractivity contribution in [2.45, 2.75) is 19.4 Å². The van der Waals surface area contributed by atoms with E-state index in [1.165, 1.54) is 24.2 Å². The second kappa shape index (κ2) is 6.37. The van der Waals surface area contributed by atoms with Crippen LogP contribution in [0.2, 0.25) is 4.34 Å². The van der Waals surface area contributed by atoms with Crippen LogP contribution >= 0.6 is 22.9 Å². The van der Waals surface area contributed by atoms with Crippen LogP contribution in [-0.2, 0) is 6.54 Å². The van der Waals surface area contributed by atoms with Gasteiger partial charge in [-0.1, -0.05) is 11.6 Å². The van der Waals surface area contributed by atoms with Crippen molar-refractivity contribution < 1.29 is 4.79 Å². The summed E-state index contributed by atoms with van der Waals surface area (Å²) in [5, 5.41) is 15.7. The molecule has 0 bridgehead atoms. The summed E-state index contributed by atoms with van der Waals surface area (Å²) in [6, 6.07) is 7.27. The summed E-state index contributed by atoms with van der Waals surface area (Å²) in [6.07, 6.45) is 2.38. The monoisotopic (exact) mass is 362 g/mol. The van der Waals surface area contributed by atoms with Crippen LogP contribution < -0.4 is 10.2 Å². The lowest BCUT2D eigenvalue weighted by molar-refractivity contribution is 0.0953. The number of nitrogens with zero attached hydrogens (tertiary/aromatic N) is 5. The van der Waals surface area contributed by atoms with Gasteiger partial charge in [-0.3, -0.25) is 4.79 Å². The lowest BCUT2D eigenvalue weighted by Crippen LogP contribution is -2.24. The lowest BCUT2D eigenvalue weighted by Gasteiger charge is -2.15. The second-order valence-corrected chi connectivity index (χ2v) is 7.27. The minimum atomic E-state index is -0.181. The maximum Gasteiger partial charge on any atom is 0.261 e. The van der Waals surface area contributed by atoms with E-state index in [0.717, 1.165) is 18.9 Å². The van der Waals surface area contributed by atoms with Gasteiger partial charge in [0.15, 0.2) is 11.5 Å². The second-order valence-electron chi connectivity index (χ2n) is 5.56. The molecule has 3 aromatic heterocycles. The standard InChI is InChI=1S/C15H15ClN6OS/c16-11-4-3-10(24-11)15(23)17-9-14-19-18-12-5-6-13(20-22(12)14)21-7-1-2-8-21/h3-6H,1-2,7-9H2,(H,17,23). The molecule has 9 heteroatoms. The zero-order chi connectivity index (χ0) is 16.5. The Kier molecular flexibility index (Phi) is 4.07. The van der Waals surface area contributed by atoms with E-state index < -0.39 is 0 Å². The highest BCUT2D eigenvalue weighted by molar-refractivity contribution is 7.17. The highest BCUT2D eigenvalue weighted by atomic mass is 35.5. The molecule has 4 rings (SSSR count). The molecule has 1 fully saturated rings. The Labute approximate surface area is 147 Å². The fourth-order valence-electron chi connectivity index (χ4n) is 2.73. The predicted molar refractivity (Wildman–Crippen MR) is 92.7 cm³/mol. The van der Waals surface area contributed by atoms with Gasteiger partial charge in [0.25, 0.3) is 5.91 Å². The van der Waals surface area contributed by atoms with Crippen LogP contribution in [0.1, 0.15) is 28.3 Å². The quantitative estimate of drug-likeness (QED) is 0.771. The van der Waals surface area contributed by atoms with Crippen molar-refractivity contribution in [3.05, 3.63) is 39.3 Å². The van der Waals surface area contributed by atoms with E-state index in [2.05, 4.69) is 25.5 Å². The number of anilines is 1. The molecule has 7 nitrogen and oxygen atoms in total. The summed E-state index contributed by atoms with van der Waals surface area (Å²) >= 11 is 7.10. The fourth-order valence-corrected chi connectivity index (χ4v) is 3.69. The SMILES string of the molecule is O=C(NCc1nnc2ccc(N3CCCC3)nn12)c1ccc(Cl)s1. The van der Waals surface area contributed by atoms with Crippen LogP contribution in [-0.4, -0.2) is 38.8 Å². The van der Waals surface area contributed by atoms with Crippen LogP contribution in [0, 0.1) is 0 Å². The number of hydrogen-bond donors (Lipinski definition) is 1. The molecular formula is C15H15ClN6OS. The van der Waals surface area contributed by atoms with Gasteiger partial charge in [-0.15, -0.1) is 26.6 Å². The Balaban J connectivity index is 1.53. The van der Waals surface area contributed by atoms with Gasteiger partial charge < -0.3 is 10.2 Å². The number of carbonyl (C=O) groups is 1. The molecule has 0 spiro atoms. The van der Waals surface area contributed by atoms with Gasteiger partial charge in [0.2, 0.25) is 0 Å². The number of thiophene rings is 1. The van der Waals surface area contributed by atoms with E-state index >= 15 is 0 Å². The molecule has 124 valence electrons. The number of halogens is 1. The largest absolute Gasteiger partial charge is 0.355 e. The minimum Gasteiger partial charge on any atom is -0.355 e. The molecule has 0 radical (unpaired) electrons. The summed E-state index contributed by atoms with van der Waals surface area (Å²) in [4.78, 5) is 14.9. The van der Waals surface area contributed by atoms with Crippen LogP contribution in [0.5, 0.6) is 0 Å². The Morgan fingerprint density at radius 2 is 2.04 bits per heavy atom. The molecule has 0 saturated carbocycles. The van der Waals surface area contributed by atoms with Crippen molar-refractivity contribution in [3.63, 3.8) is 0 Å². The van der Waals surface area contributed by atoms with Crippen LogP contribution in [0.15, 0.2) is 24.3 Å². The summed E-state index contributed by atoms with van der Waals surface area (Å²) in [6.45, 7) is 2.30. The van der Waals surface area contributed by atoms with Crippen molar-refractivity contribution in [2.24, 2.45) is 0 Å². The Morgan fingerprint density at radius 3 is 2.79 bits per heavy atom. The number of amides is 1. The number of carbonyl (C=O) groups excluding carboxylic acids is 1. The van der Waals surface area contributed by atoms with Crippen molar-refractivity contribution in [1.82, 2.24) is 25.1 Å². The Morgan fingerprint density at radius 1 is 1.21 bits per heavy atom. The highest BCUT2D eigenvalue weighted by Crippen LogP contribution is 2.21. The zero-order valence-electron chi connectivity index (χ0n) is 12.8. The molecule has 1 N–H and O–H groups in total. The fraction of sp³-hybridized carbons (Fsp3) is 0.333. The summed E-state index contributed by atoms with van der Waals surface area (Å²) in [7, 11) is 0. The highest BCUT2D eigenvalue weighted by Gasteiger charge is 2.16. The first-order chi connectivity index (χ1) is 11.7. The van der Waals surface area contributed by atoms with Crippen molar-refractivity contribution in [1.29, 1.82) is 0 Å². The van der Waals surface area contributed by atoms with E-state index in [1.807, 2.05) is 12.1 Å². The molecule has 0 unspecified atom stereocenters. The first-order valence-electron chi connectivity index (χ1n) is 7.70. The molecule has 1 aliphatic heterocycles. The average Bonchev–Trinajstić information content (AvgIpc) is 3.33. The molecular weight excluding hydrogens is 348 g/mol. The summed E-state index contributed by atoms with van der Waals surface area (Å²) < 4.78 is 2.28. The van der Waals surface area contributed by atoms with Gasteiger partial charge in [0, 0.05) is 13.1 Å². The topological polar surface area (TPSA) is 75.4 Å². The molecule has 0 aliphatic carbocycles. The van der Waals surface area contributed by atoms with E-state index in [0.29, 0.717) is 20.7 Å². The predicted octanol–water partition coefficient (Wildman–Crippen LogP) is 2.37. The Bertz CT molecular complexity index is 885. The third-order valence-corrected chi connectivity index (χ3v) is 5.18. The van der Waals surface area contributed by atoms with E-state index in [4.69, 9.17) is 11.6 Å². The maximum absolute atomic E-state index is 12.1. The van der Waals surface area contributed by atoms with Crippen LogP contribution in [0.3, 0.4) is 0 Å². The molecule has 1 aliphatic rings. The first kappa shape index (κ1) is 15.3. The Hall–Kier alpha value is -2.19. The third-order valence-electron chi connectivity index (χ3n) is 3.95. The number of aromatic nitrogens is 4. The van der Waals surface area contributed by atoms with Crippen LogP contribution in [0.4, 0.5) is 5.82 Å². The van der Waals surface area contributed by atoms with Crippen molar-refractivity contribution in [2.75, 3.05) is 18.0 Å². The van der Waals surface area contributed by atoms with E-state index in [-0.39, 0.29) is 12.5 Å². The van der Waals surface area contributed by atoms with Gasteiger partial charge in [-0.25, -0.2) is 0 Å². The van der Waals surface area contributed by atoms with Gasteiger partial charge in [0.1, 0.15) is 5.82 Å². The van der Waals surface area contributed by atoms with Crippen molar-refractivity contribution >= 4 is 40.3 Å². The van der Waals surface area contributed by atoms with E-state index in [9.17, 15) is 4.79 Å². The molecule has 24 heavy (non-hydrogen) atoms. The molecule has 4 heterocycles. The maximum atomic E-state index is 12.1. The number of fused-ring (bicyclic) bond motifs is 1. The molecule has 1 amide bonds. The zero-order valence-corrected chi connectivity index (χ0v) is 14.3. The molecule has 0 atom stereocenters. The molecule has 3 aromatic rings. The molecule has 1 saturated heterocycles. The average molecular weight is 363 g/mol. The normalized spacial score (nSPS) is 14.5. The van der Waals surface area contributed by atoms with E-state index in [1.54, 1.807) is 16.6 Å². The summed E-state index contributed by atoms with van der Waals surface area (Å²) in [5.41, 5.74) is 0.668. The van der Waals surface area contributed by atoms with Crippen molar-refractivity contribution in [3.8, 4) is 0 Å². The minimum absolute atomic E-state index is 0.181. The molecule has 0 aromatic carbocycles. The third kappa shape index (κ3) is 2.94. The van der Waals surface area contributed by atoms with Gasteiger partial charge >= 0.3 is 0 Å².